The maximum absolute atomic E-state index is 9.88. The zero-order chi connectivity index (χ0) is 32.6. The van der Waals surface area contributed by atoms with Gasteiger partial charge in [-0.15, -0.1) is 0 Å². The van der Waals surface area contributed by atoms with Gasteiger partial charge in [-0.25, -0.2) is 0 Å². The molecule has 0 aromatic carbocycles. The van der Waals surface area contributed by atoms with Crippen LogP contribution in [0.3, 0.4) is 0 Å². The summed E-state index contributed by atoms with van der Waals surface area (Å²) in [4.78, 5) is 79.0. The average Bonchev–Trinajstić information content (AvgIpc) is 2.83. The molecule has 20 nitrogen and oxygen atoms in total. The van der Waals surface area contributed by atoms with E-state index in [1.807, 2.05) is 0 Å². The van der Waals surface area contributed by atoms with Gasteiger partial charge < -0.3 is 83.0 Å². The van der Waals surface area contributed by atoms with E-state index in [2.05, 4.69) is 0 Å². The molecule has 12 N–H and O–H groups in total. The molecule has 0 aliphatic heterocycles. The number of carbonyl (C=O) groups is 8. The Morgan fingerprint density at radius 2 is 0.548 bits per heavy atom. The van der Waals surface area contributed by atoms with Crippen LogP contribution in [-0.2, 0) is 64.6 Å². The number of rotatable bonds is 16. The molecule has 0 spiro atoms. The molecule has 0 saturated carbocycles. The third-order valence-electron chi connectivity index (χ3n) is 3.89. The largest absolute Gasteiger partial charge is 4.00 e. The Bertz CT molecular complexity index is 728. The van der Waals surface area contributed by atoms with Crippen molar-refractivity contribution in [1.82, 2.24) is 0 Å². The van der Waals surface area contributed by atoms with Crippen LogP contribution in [0.5, 0.6) is 0 Å². The minimum Gasteiger partial charge on any atom is -0.548 e. The van der Waals surface area contributed by atoms with Crippen molar-refractivity contribution in [2.75, 3.05) is 0 Å². The Kier molecular flexibility index (Phi) is 37.3. The first kappa shape index (κ1) is 51.3. The summed E-state index contributed by atoms with van der Waals surface area (Å²) in [6, 6.07) is -4.68. The fraction of sp³-hybridized carbons (Fsp3) is 0.600. The summed E-state index contributed by atoms with van der Waals surface area (Å²) in [7, 11) is 0. The van der Waals surface area contributed by atoms with E-state index in [4.69, 9.17) is 43.4 Å². The van der Waals surface area contributed by atoms with Gasteiger partial charge in [-0.05, 0) is 25.7 Å². The minimum absolute atomic E-state index is 0. The van der Waals surface area contributed by atoms with Crippen LogP contribution in [0, 0.1) is 0 Å². The van der Waals surface area contributed by atoms with Crippen molar-refractivity contribution in [2.45, 2.75) is 75.5 Å². The van der Waals surface area contributed by atoms with Crippen LogP contribution in [0.2, 0.25) is 0 Å². The van der Waals surface area contributed by atoms with Crippen LogP contribution >= 0.6 is 0 Å². The SMILES string of the molecule is B.N[C@@H](CCC(=O)O)C(=O)[O-].N[C@@H](CCC(=O)O)C(=O)[O-].N[C@@H](CCC(=O)O)C(=O)[O-].N[C@@H](CCC(=O)O)C(=O)[O-].[Zr+4]. The third kappa shape index (κ3) is 43.6. The normalized spacial score (nSPS) is 11.9. The van der Waals surface area contributed by atoms with Crippen molar-refractivity contribution in [3.63, 3.8) is 0 Å². The van der Waals surface area contributed by atoms with Crippen LogP contribution in [0.1, 0.15) is 51.4 Å². The molecule has 0 bridgehead atoms. The van der Waals surface area contributed by atoms with Crippen LogP contribution in [0.4, 0.5) is 0 Å². The monoisotopic (exact) mass is 688 g/mol. The van der Waals surface area contributed by atoms with Gasteiger partial charge in [0.05, 0.1) is 32.3 Å². The van der Waals surface area contributed by atoms with E-state index < -0.39 is 71.9 Å². The molecule has 0 rings (SSSR count). The molecule has 0 aliphatic rings. The van der Waals surface area contributed by atoms with Crippen molar-refractivity contribution in [3.05, 3.63) is 0 Å². The molecular formula is C20H35BN4O16Zr. The van der Waals surface area contributed by atoms with E-state index in [9.17, 15) is 58.8 Å². The van der Waals surface area contributed by atoms with Gasteiger partial charge in [0.2, 0.25) is 0 Å². The number of aliphatic carboxylic acids is 8. The van der Waals surface area contributed by atoms with Gasteiger partial charge in [0, 0.05) is 49.9 Å². The molecule has 22 heteroatoms. The fourth-order valence-corrected chi connectivity index (χ4v) is 1.59. The molecule has 0 aromatic heterocycles. The molecular weight excluding hydrogens is 654 g/mol. The zero-order valence-corrected chi connectivity index (χ0v) is 23.9. The standard InChI is InChI=1S/4C5H9NO4.BH3.Zr/c4*6-3(5(9)10)1-2-4(7)8;;/h4*3H,1-2,6H2,(H,7,8)(H,9,10);1H3;/q;;;;;+4/p-4/t4*3-;;/m0000../s1. The van der Waals surface area contributed by atoms with Crippen molar-refractivity contribution in [3.8, 4) is 0 Å². The topological polar surface area (TPSA) is 414 Å². The second-order valence-corrected chi connectivity index (χ2v) is 7.43. The molecule has 0 heterocycles. The average molecular weight is 690 g/mol. The van der Waals surface area contributed by atoms with Gasteiger partial charge in [-0.1, -0.05) is 0 Å². The molecule has 4 atom stereocenters. The van der Waals surface area contributed by atoms with E-state index >= 15 is 0 Å². The summed E-state index contributed by atoms with van der Waals surface area (Å²) in [6.45, 7) is 0. The number of nitrogens with two attached hydrogens (primary N) is 4. The van der Waals surface area contributed by atoms with Gasteiger partial charge in [0.25, 0.3) is 0 Å². The summed E-state index contributed by atoms with van der Waals surface area (Å²) in [5.41, 5.74) is 19.8. The Balaban J connectivity index is -0.000000101. The zero-order valence-electron chi connectivity index (χ0n) is 21.5. The molecule has 238 valence electrons. The Morgan fingerprint density at radius 1 is 0.429 bits per heavy atom. The number of carboxylic acid groups (broad SMARTS) is 8. The molecule has 0 fully saturated rings. The molecule has 0 unspecified atom stereocenters. The Hall–Kier alpha value is -3.45. The van der Waals surface area contributed by atoms with Crippen LogP contribution in [0.15, 0.2) is 0 Å². The van der Waals surface area contributed by atoms with Gasteiger partial charge in [-0.2, -0.15) is 0 Å². The van der Waals surface area contributed by atoms with E-state index in [1.165, 1.54) is 0 Å². The quantitative estimate of drug-likeness (QED) is 0.0697. The summed E-state index contributed by atoms with van der Waals surface area (Å²) in [5, 5.41) is 71.8. The van der Waals surface area contributed by atoms with Crippen molar-refractivity contribution >= 4 is 56.2 Å². The molecule has 0 radical (unpaired) electrons. The predicted molar refractivity (Wildman–Crippen MR) is 129 cm³/mol. The van der Waals surface area contributed by atoms with Gasteiger partial charge >= 0.3 is 50.1 Å². The first-order valence-electron chi connectivity index (χ1n) is 10.9. The van der Waals surface area contributed by atoms with Crippen LogP contribution in [-0.4, -0.2) is 101 Å². The third-order valence-corrected chi connectivity index (χ3v) is 3.89. The summed E-state index contributed by atoms with van der Waals surface area (Å²) in [5.74, 6) is -9.90. The molecule has 0 amide bonds. The van der Waals surface area contributed by atoms with Gasteiger partial charge in [0.15, 0.2) is 0 Å². The Morgan fingerprint density at radius 3 is 0.619 bits per heavy atom. The summed E-state index contributed by atoms with van der Waals surface area (Å²) >= 11 is 0. The molecule has 0 saturated heterocycles. The van der Waals surface area contributed by atoms with Crippen LogP contribution < -0.4 is 43.4 Å². The fourth-order valence-electron chi connectivity index (χ4n) is 1.59. The first-order chi connectivity index (χ1) is 18.1. The minimum atomic E-state index is -1.42. The number of carbonyl (C=O) groups excluding carboxylic acids is 4. The second kappa shape index (κ2) is 30.5. The Labute approximate surface area is 259 Å². The number of hydrogen-bond donors (Lipinski definition) is 8. The molecule has 0 aromatic rings. The smallest absolute Gasteiger partial charge is 0.548 e. The van der Waals surface area contributed by atoms with Crippen molar-refractivity contribution in [2.24, 2.45) is 22.9 Å². The van der Waals surface area contributed by atoms with E-state index in [0.717, 1.165) is 0 Å². The second-order valence-electron chi connectivity index (χ2n) is 7.43. The van der Waals surface area contributed by atoms with E-state index in [-0.39, 0.29) is 86.0 Å². The van der Waals surface area contributed by atoms with Gasteiger partial charge in [0.1, 0.15) is 0 Å². The van der Waals surface area contributed by atoms with Crippen molar-refractivity contribution in [1.29, 1.82) is 0 Å². The summed E-state index contributed by atoms with van der Waals surface area (Å²) < 4.78 is 0. The number of carboxylic acids is 8. The summed E-state index contributed by atoms with van der Waals surface area (Å²) in [6.07, 6.45) is -1.31. The maximum Gasteiger partial charge on any atom is 4.00 e. The first-order valence-corrected chi connectivity index (χ1v) is 10.9. The van der Waals surface area contributed by atoms with E-state index in [1.54, 1.807) is 0 Å². The van der Waals surface area contributed by atoms with E-state index in [0.29, 0.717) is 0 Å². The van der Waals surface area contributed by atoms with Crippen molar-refractivity contribution < 1.29 is 105 Å². The van der Waals surface area contributed by atoms with Gasteiger partial charge in [-0.3, -0.25) is 19.2 Å². The van der Waals surface area contributed by atoms with Crippen LogP contribution in [0.25, 0.3) is 0 Å². The molecule has 42 heavy (non-hydrogen) atoms. The predicted octanol–water partition coefficient (Wildman–Crippen LogP) is -9.47. The maximum atomic E-state index is 9.88. The number of hydrogen-bond acceptors (Lipinski definition) is 16. The molecule has 0 aliphatic carbocycles.